The summed E-state index contributed by atoms with van der Waals surface area (Å²) in [6.45, 7) is 1.62. The zero-order chi connectivity index (χ0) is 16.4. The molecule has 1 aromatic heterocycles. The quantitative estimate of drug-likeness (QED) is 0.848. The van der Waals surface area contributed by atoms with E-state index < -0.39 is 10.0 Å². The van der Waals surface area contributed by atoms with Gasteiger partial charge in [0, 0.05) is 6.07 Å². The number of nitrogens with one attached hydrogen (secondary N) is 1. The van der Waals surface area contributed by atoms with Gasteiger partial charge in [-0.3, -0.25) is 4.98 Å². The van der Waals surface area contributed by atoms with Crippen molar-refractivity contribution >= 4 is 10.0 Å². The molecular weight excluding hydrogens is 320 g/mol. The Bertz CT molecular complexity index is 836. The summed E-state index contributed by atoms with van der Waals surface area (Å²) >= 11 is 0. The molecule has 2 N–H and O–H groups in total. The molecule has 1 aliphatic heterocycles. The lowest BCUT2D eigenvalue weighted by Crippen LogP contribution is -2.24. The van der Waals surface area contributed by atoms with Crippen molar-refractivity contribution in [2.75, 3.05) is 6.79 Å². The molecule has 3 rings (SSSR count). The third-order valence-electron chi connectivity index (χ3n) is 3.43. The highest BCUT2D eigenvalue weighted by molar-refractivity contribution is 7.89. The van der Waals surface area contributed by atoms with Gasteiger partial charge < -0.3 is 14.6 Å². The maximum absolute atomic E-state index is 12.5. The Morgan fingerprint density at radius 2 is 1.91 bits per heavy atom. The zero-order valence-corrected chi connectivity index (χ0v) is 13.3. The summed E-state index contributed by atoms with van der Waals surface area (Å²) in [4.78, 5) is 4.29. The highest BCUT2D eigenvalue weighted by Crippen LogP contribution is 2.36. The van der Waals surface area contributed by atoms with E-state index in [1.807, 2.05) is 0 Å². The Morgan fingerprint density at radius 1 is 1.22 bits per heavy atom. The number of aliphatic hydroxyl groups is 1. The molecule has 1 aliphatic rings. The van der Waals surface area contributed by atoms with Gasteiger partial charge in [-0.15, -0.1) is 0 Å². The molecule has 0 saturated heterocycles. The number of aliphatic hydroxyl groups excluding tert-OH is 1. The number of fused-ring (bicyclic) bond motifs is 1. The Morgan fingerprint density at radius 3 is 2.65 bits per heavy atom. The van der Waals surface area contributed by atoms with Crippen LogP contribution in [0.3, 0.4) is 0 Å². The van der Waals surface area contributed by atoms with Gasteiger partial charge >= 0.3 is 0 Å². The first-order valence-electron chi connectivity index (χ1n) is 6.95. The minimum absolute atomic E-state index is 0.0318. The third kappa shape index (κ3) is 3.29. The molecule has 8 heteroatoms. The molecule has 7 nitrogen and oxygen atoms in total. The zero-order valence-electron chi connectivity index (χ0n) is 12.4. The number of hydrogen-bond acceptors (Lipinski definition) is 6. The number of sulfonamides is 1. The molecule has 0 atom stereocenters. The molecule has 0 saturated carbocycles. The number of benzene rings is 1. The molecule has 0 bridgehead atoms. The fourth-order valence-corrected chi connectivity index (χ4v) is 3.52. The van der Waals surface area contributed by atoms with Gasteiger partial charge in [-0.1, -0.05) is 6.07 Å². The van der Waals surface area contributed by atoms with E-state index in [9.17, 15) is 8.42 Å². The minimum Gasteiger partial charge on any atom is -0.454 e. The Labute approximate surface area is 133 Å². The second-order valence-corrected chi connectivity index (χ2v) is 6.81. The normalized spacial score (nSPS) is 13.3. The highest BCUT2D eigenvalue weighted by Gasteiger charge is 2.23. The standard InChI is InChI=1S/C15H16N2O5S/c1-10-5-13-14(22-9-21-13)6-15(10)23(19,20)16-7-11-3-2-4-12(8-18)17-11/h2-6,16,18H,7-9H2,1H3. The number of aromatic nitrogens is 1. The van der Waals surface area contributed by atoms with E-state index in [2.05, 4.69) is 9.71 Å². The average Bonchev–Trinajstić information content (AvgIpc) is 2.99. The lowest BCUT2D eigenvalue weighted by molar-refractivity contribution is 0.174. The van der Waals surface area contributed by atoms with Gasteiger partial charge in [-0.05, 0) is 30.7 Å². The molecule has 0 unspecified atom stereocenters. The van der Waals surface area contributed by atoms with Crippen molar-refractivity contribution < 1.29 is 23.0 Å². The highest BCUT2D eigenvalue weighted by atomic mass is 32.2. The molecule has 1 aromatic carbocycles. The van der Waals surface area contributed by atoms with Crippen molar-refractivity contribution in [3.05, 3.63) is 47.3 Å². The lowest BCUT2D eigenvalue weighted by Gasteiger charge is -2.10. The van der Waals surface area contributed by atoms with Crippen LogP contribution >= 0.6 is 0 Å². The van der Waals surface area contributed by atoms with Crippen LogP contribution in [0.1, 0.15) is 17.0 Å². The van der Waals surface area contributed by atoms with E-state index in [-0.39, 0.29) is 24.8 Å². The van der Waals surface area contributed by atoms with Gasteiger partial charge in [-0.2, -0.15) is 0 Å². The van der Waals surface area contributed by atoms with Gasteiger partial charge in [0.2, 0.25) is 16.8 Å². The Kier molecular flexibility index (Phi) is 4.20. The molecule has 0 aliphatic carbocycles. The summed E-state index contributed by atoms with van der Waals surface area (Å²) in [6.07, 6.45) is 0. The van der Waals surface area contributed by atoms with Crippen molar-refractivity contribution in [3.63, 3.8) is 0 Å². The van der Waals surface area contributed by atoms with E-state index in [0.29, 0.717) is 28.5 Å². The second kappa shape index (κ2) is 6.15. The van der Waals surface area contributed by atoms with Gasteiger partial charge in [-0.25, -0.2) is 13.1 Å². The van der Waals surface area contributed by atoms with Crippen molar-refractivity contribution in [2.24, 2.45) is 0 Å². The van der Waals surface area contributed by atoms with Gasteiger partial charge in [0.25, 0.3) is 0 Å². The van der Waals surface area contributed by atoms with Crippen LogP contribution in [0.4, 0.5) is 0 Å². The lowest BCUT2D eigenvalue weighted by atomic mass is 10.2. The monoisotopic (exact) mass is 336 g/mol. The van der Waals surface area contributed by atoms with Crippen LogP contribution in [-0.2, 0) is 23.2 Å². The minimum atomic E-state index is -3.72. The summed E-state index contributed by atoms with van der Waals surface area (Å²) < 4.78 is 38.0. The second-order valence-electron chi connectivity index (χ2n) is 5.07. The molecule has 122 valence electrons. The van der Waals surface area contributed by atoms with E-state index in [0.717, 1.165) is 0 Å². The molecule has 0 amide bonds. The predicted molar refractivity (Wildman–Crippen MR) is 81.5 cm³/mol. The molecule has 0 fully saturated rings. The number of pyridine rings is 1. The molecule has 0 radical (unpaired) electrons. The van der Waals surface area contributed by atoms with Gasteiger partial charge in [0.15, 0.2) is 11.5 Å². The first-order valence-corrected chi connectivity index (χ1v) is 8.43. The molecular formula is C15H16N2O5S. The van der Waals surface area contributed by atoms with Gasteiger partial charge in [0.1, 0.15) is 0 Å². The summed E-state index contributed by atoms with van der Waals surface area (Å²) in [5, 5.41) is 9.07. The van der Waals surface area contributed by atoms with E-state index in [4.69, 9.17) is 14.6 Å². The van der Waals surface area contributed by atoms with Crippen LogP contribution in [0, 0.1) is 6.92 Å². The third-order valence-corrected chi connectivity index (χ3v) is 4.97. The number of rotatable bonds is 5. The smallest absolute Gasteiger partial charge is 0.241 e. The van der Waals surface area contributed by atoms with E-state index >= 15 is 0 Å². The molecule has 2 heterocycles. The maximum Gasteiger partial charge on any atom is 0.241 e. The SMILES string of the molecule is Cc1cc2c(cc1S(=O)(=O)NCc1cccc(CO)n1)OCO2. The fourth-order valence-electron chi connectivity index (χ4n) is 2.28. The summed E-state index contributed by atoms with van der Waals surface area (Å²) in [6, 6.07) is 8.17. The van der Waals surface area contributed by atoms with Crippen LogP contribution in [-0.4, -0.2) is 25.3 Å². The van der Waals surface area contributed by atoms with Crippen LogP contribution in [0.5, 0.6) is 11.5 Å². The molecule has 2 aromatic rings. The Balaban J connectivity index is 1.82. The van der Waals surface area contributed by atoms with E-state index in [1.165, 1.54) is 6.07 Å². The first kappa shape index (κ1) is 15.7. The van der Waals surface area contributed by atoms with Crippen LogP contribution in [0.2, 0.25) is 0 Å². The maximum atomic E-state index is 12.5. The van der Waals surface area contributed by atoms with Crippen LogP contribution in [0.15, 0.2) is 35.2 Å². The largest absolute Gasteiger partial charge is 0.454 e. The Hall–Kier alpha value is -2.16. The summed E-state index contributed by atoms with van der Waals surface area (Å²) in [7, 11) is -3.72. The fraction of sp³-hybridized carbons (Fsp3) is 0.267. The van der Waals surface area contributed by atoms with Crippen molar-refractivity contribution in [1.82, 2.24) is 9.71 Å². The van der Waals surface area contributed by atoms with Crippen LogP contribution < -0.4 is 14.2 Å². The topological polar surface area (TPSA) is 97.8 Å². The number of aryl methyl sites for hydroxylation is 1. The first-order chi connectivity index (χ1) is 11.0. The van der Waals surface area contributed by atoms with Crippen molar-refractivity contribution in [3.8, 4) is 11.5 Å². The van der Waals surface area contributed by atoms with Gasteiger partial charge in [0.05, 0.1) is 29.4 Å². The summed E-state index contributed by atoms with van der Waals surface area (Å²) in [5.41, 5.74) is 1.58. The number of ether oxygens (including phenoxy) is 2. The number of nitrogens with zero attached hydrogens (tertiary/aromatic N) is 1. The average molecular weight is 336 g/mol. The summed E-state index contributed by atoms with van der Waals surface area (Å²) in [5.74, 6) is 0.954. The predicted octanol–water partition coefficient (Wildman–Crippen LogP) is 1.09. The number of hydrogen-bond donors (Lipinski definition) is 2. The molecule has 23 heavy (non-hydrogen) atoms. The van der Waals surface area contributed by atoms with E-state index in [1.54, 1.807) is 31.2 Å². The van der Waals surface area contributed by atoms with Crippen molar-refractivity contribution in [1.29, 1.82) is 0 Å². The molecule has 0 spiro atoms. The van der Waals surface area contributed by atoms with Crippen LogP contribution in [0.25, 0.3) is 0 Å². The van der Waals surface area contributed by atoms with Crippen molar-refractivity contribution in [2.45, 2.75) is 25.0 Å².